The fourth-order valence-corrected chi connectivity index (χ4v) is 3.48. The first-order valence-corrected chi connectivity index (χ1v) is 9.40. The summed E-state index contributed by atoms with van der Waals surface area (Å²) in [5, 5.41) is 10.5. The number of carboxylic acids is 1. The summed E-state index contributed by atoms with van der Waals surface area (Å²) in [4.78, 5) is 10.5. The number of nitrogens with one attached hydrogen (secondary N) is 1. The van der Waals surface area contributed by atoms with Crippen LogP contribution in [0.5, 0.6) is 17.2 Å². The Labute approximate surface area is 157 Å². The van der Waals surface area contributed by atoms with E-state index in [0.717, 1.165) is 0 Å². The number of hydrogen-bond acceptors (Lipinski definition) is 7. The van der Waals surface area contributed by atoms with Crippen molar-refractivity contribution < 1.29 is 32.5 Å². The monoisotopic (exact) mass is 394 g/mol. The zero-order valence-corrected chi connectivity index (χ0v) is 16.0. The molecular weight excluding hydrogens is 374 g/mol. The number of aliphatic carboxylic acids is 1. The molecule has 0 aliphatic rings. The van der Waals surface area contributed by atoms with Crippen molar-refractivity contribution in [3.63, 3.8) is 0 Å². The molecule has 2 rings (SSSR count). The van der Waals surface area contributed by atoms with E-state index in [-0.39, 0.29) is 23.4 Å². The summed E-state index contributed by atoms with van der Waals surface area (Å²) < 4.78 is 43.3. The highest BCUT2D eigenvalue weighted by atomic mass is 32.2. The molecule has 0 aliphatic carbocycles. The van der Waals surface area contributed by atoms with Gasteiger partial charge in [0.2, 0.25) is 5.75 Å². The molecule has 0 heterocycles. The van der Waals surface area contributed by atoms with Crippen LogP contribution in [0.3, 0.4) is 0 Å². The van der Waals surface area contributed by atoms with Crippen molar-refractivity contribution >= 4 is 21.7 Å². The predicted molar refractivity (Wildman–Crippen MR) is 96.7 cm³/mol. The molecule has 0 unspecified atom stereocenters. The van der Waals surface area contributed by atoms with Crippen molar-refractivity contribution in [2.75, 3.05) is 26.1 Å². The van der Waals surface area contributed by atoms with Gasteiger partial charge >= 0.3 is 0 Å². The Balaban J connectivity index is 2.26. The van der Waals surface area contributed by atoms with Gasteiger partial charge in [-0.05, 0) is 30.5 Å². The summed E-state index contributed by atoms with van der Waals surface area (Å²) in [5.74, 6) is -0.185. The molecule has 0 saturated heterocycles. The van der Waals surface area contributed by atoms with Crippen molar-refractivity contribution in [1.82, 2.24) is 0 Å². The van der Waals surface area contributed by atoms with E-state index in [1.165, 1.54) is 45.6 Å². The Kier molecular flexibility index (Phi) is 6.51. The van der Waals surface area contributed by atoms with Gasteiger partial charge < -0.3 is 24.1 Å². The van der Waals surface area contributed by atoms with Crippen LogP contribution in [0.4, 0.5) is 5.69 Å². The van der Waals surface area contributed by atoms with E-state index in [2.05, 4.69) is 4.72 Å². The maximum atomic E-state index is 12.6. The number of carboxylic acid groups (broad SMARTS) is 1. The quantitative estimate of drug-likeness (QED) is 0.679. The van der Waals surface area contributed by atoms with E-state index in [1.54, 1.807) is 12.1 Å². The van der Waals surface area contributed by atoms with Gasteiger partial charge in [-0.1, -0.05) is 12.1 Å². The summed E-state index contributed by atoms with van der Waals surface area (Å²) >= 11 is 0. The van der Waals surface area contributed by atoms with Gasteiger partial charge in [0.15, 0.2) is 11.5 Å². The van der Waals surface area contributed by atoms with E-state index < -0.39 is 16.0 Å². The summed E-state index contributed by atoms with van der Waals surface area (Å²) in [6.07, 6.45) is 0.138. The molecule has 0 aromatic heterocycles. The number of rotatable bonds is 9. The highest BCUT2D eigenvalue weighted by Crippen LogP contribution is 2.40. The lowest BCUT2D eigenvalue weighted by Crippen LogP contribution is -2.22. The summed E-state index contributed by atoms with van der Waals surface area (Å²) in [7, 11) is 0.452. The maximum absolute atomic E-state index is 12.6. The van der Waals surface area contributed by atoms with Crippen molar-refractivity contribution in [1.29, 1.82) is 0 Å². The average Bonchev–Trinajstić information content (AvgIpc) is 2.65. The van der Waals surface area contributed by atoms with Crippen LogP contribution in [0.15, 0.2) is 41.3 Å². The Bertz CT molecular complexity index is 883. The van der Waals surface area contributed by atoms with Crippen LogP contribution < -0.4 is 24.0 Å². The zero-order chi connectivity index (χ0) is 20.0. The average molecular weight is 394 g/mol. The standard InChI is InChI=1S/C18H21NO7S/c1-24-15-10-13(11-16(25-2)18(15)26-3)19-27(22,23)14-7-4-12(5-8-14)6-9-17(20)21/h4-5,7-8,10-11,19H,6,9H2,1-3H3,(H,20,21)/p-1. The van der Waals surface area contributed by atoms with Crippen LogP contribution in [0.2, 0.25) is 0 Å². The number of ether oxygens (including phenoxy) is 3. The maximum Gasteiger partial charge on any atom is 0.261 e. The van der Waals surface area contributed by atoms with Gasteiger partial charge in [0.05, 0.1) is 31.9 Å². The molecule has 0 amide bonds. The molecule has 1 N–H and O–H groups in total. The highest BCUT2D eigenvalue weighted by molar-refractivity contribution is 7.92. The summed E-state index contributed by atoms with van der Waals surface area (Å²) in [6.45, 7) is 0. The van der Waals surface area contributed by atoms with Crippen LogP contribution in [0.1, 0.15) is 12.0 Å². The van der Waals surface area contributed by atoms with Crippen LogP contribution in [0, 0.1) is 0 Å². The SMILES string of the molecule is COc1cc(NS(=O)(=O)c2ccc(CCC(=O)[O-])cc2)cc(OC)c1OC. The molecular formula is C18H20NO7S-. The lowest BCUT2D eigenvalue weighted by Gasteiger charge is -2.15. The number of sulfonamides is 1. The zero-order valence-electron chi connectivity index (χ0n) is 15.1. The van der Waals surface area contributed by atoms with Gasteiger partial charge in [-0.2, -0.15) is 0 Å². The van der Waals surface area contributed by atoms with Crippen molar-refractivity contribution in [2.45, 2.75) is 17.7 Å². The second kappa shape index (κ2) is 8.63. The largest absolute Gasteiger partial charge is 0.550 e. The van der Waals surface area contributed by atoms with Gasteiger partial charge in [-0.15, -0.1) is 0 Å². The molecule has 2 aromatic carbocycles. The molecule has 2 aromatic rings. The topological polar surface area (TPSA) is 114 Å². The van der Waals surface area contributed by atoms with E-state index in [9.17, 15) is 18.3 Å². The summed E-state index contributed by atoms with van der Waals surface area (Å²) in [5.41, 5.74) is 0.941. The van der Waals surface area contributed by atoms with Crippen LogP contribution in [0.25, 0.3) is 0 Å². The Morgan fingerprint density at radius 1 is 1.00 bits per heavy atom. The van der Waals surface area contributed by atoms with Crippen LogP contribution >= 0.6 is 0 Å². The fraction of sp³-hybridized carbons (Fsp3) is 0.278. The van der Waals surface area contributed by atoms with Gasteiger partial charge in [0.25, 0.3) is 10.0 Å². The molecule has 0 fully saturated rings. The molecule has 0 atom stereocenters. The Morgan fingerprint density at radius 3 is 2.00 bits per heavy atom. The molecule has 0 aliphatic heterocycles. The van der Waals surface area contributed by atoms with Crippen LogP contribution in [-0.2, 0) is 21.2 Å². The Hall–Kier alpha value is -2.94. The van der Waals surface area contributed by atoms with E-state index >= 15 is 0 Å². The second-order valence-electron chi connectivity index (χ2n) is 5.54. The van der Waals surface area contributed by atoms with Crippen molar-refractivity contribution in [2.24, 2.45) is 0 Å². The number of anilines is 1. The molecule has 8 nitrogen and oxygen atoms in total. The number of carbonyl (C=O) groups is 1. The third-order valence-corrected chi connectivity index (χ3v) is 5.17. The highest BCUT2D eigenvalue weighted by Gasteiger charge is 2.18. The lowest BCUT2D eigenvalue weighted by atomic mass is 10.1. The van der Waals surface area contributed by atoms with Crippen molar-refractivity contribution in [3.8, 4) is 17.2 Å². The smallest absolute Gasteiger partial charge is 0.261 e. The molecule has 0 spiro atoms. The van der Waals surface area contributed by atoms with Crippen LogP contribution in [-0.4, -0.2) is 35.7 Å². The van der Waals surface area contributed by atoms with Gasteiger partial charge in [-0.3, -0.25) is 4.72 Å². The number of hydrogen-bond donors (Lipinski definition) is 1. The Morgan fingerprint density at radius 2 is 1.56 bits per heavy atom. The summed E-state index contributed by atoms with van der Waals surface area (Å²) in [6, 6.07) is 8.90. The number of benzene rings is 2. The molecule has 146 valence electrons. The number of carbonyl (C=O) groups excluding carboxylic acids is 1. The normalized spacial score (nSPS) is 10.9. The van der Waals surface area contributed by atoms with E-state index in [0.29, 0.717) is 22.8 Å². The first kappa shape index (κ1) is 20.4. The third-order valence-electron chi connectivity index (χ3n) is 3.77. The van der Waals surface area contributed by atoms with E-state index in [1.807, 2.05) is 0 Å². The van der Waals surface area contributed by atoms with Gasteiger partial charge in [0, 0.05) is 18.1 Å². The third kappa shape index (κ3) is 5.04. The molecule has 9 heteroatoms. The number of methoxy groups -OCH3 is 3. The minimum Gasteiger partial charge on any atom is -0.550 e. The molecule has 0 saturated carbocycles. The molecule has 0 bridgehead atoms. The lowest BCUT2D eigenvalue weighted by molar-refractivity contribution is -0.305. The number of aryl methyl sites for hydroxylation is 1. The fourth-order valence-electron chi connectivity index (χ4n) is 2.44. The minimum absolute atomic E-state index is 0.0356. The van der Waals surface area contributed by atoms with Gasteiger partial charge in [-0.25, -0.2) is 8.42 Å². The van der Waals surface area contributed by atoms with E-state index in [4.69, 9.17) is 14.2 Å². The minimum atomic E-state index is -3.86. The molecule has 0 radical (unpaired) electrons. The predicted octanol–water partition coefficient (Wildman–Crippen LogP) is 1.20. The van der Waals surface area contributed by atoms with Crippen molar-refractivity contribution in [3.05, 3.63) is 42.0 Å². The van der Waals surface area contributed by atoms with Gasteiger partial charge in [0.1, 0.15) is 0 Å². The first-order valence-electron chi connectivity index (χ1n) is 7.92. The first-order chi connectivity index (χ1) is 12.8. The second-order valence-corrected chi connectivity index (χ2v) is 7.22. The molecule has 27 heavy (non-hydrogen) atoms.